The molecule has 4 aromatic heterocycles. The van der Waals surface area contributed by atoms with Crippen LogP contribution in [0.15, 0.2) is 58.3 Å². The van der Waals surface area contributed by atoms with E-state index in [-0.39, 0.29) is 11.8 Å². The number of pyridine rings is 1. The minimum atomic E-state index is -0.294. The Balaban J connectivity index is 1.44. The van der Waals surface area contributed by atoms with Crippen LogP contribution < -0.4 is 10.6 Å². The van der Waals surface area contributed by atoms with Crippen molar-refractivity contribution in [2.45, 2.75) is 20.4 Å². The Bertz CT molecular complexity index is 1550. The standard InChI is InChI=1S/C25H22N6O3S/c1-14-22-18(11-19(16-7-5-4-6-8-16)27-23(22)31(3)30-14)24(33)29-25-28-20(13-35-25)21-10-9-17(34-21)12-26-15(2)32/h4-11,13H,12H2,1-3H3,(H,26,32)(H,28,29,33). The Morgan fingerprint density at radius 1 is 1.09 bits per heavy atom. The van der Waals surface area contributed by atoms with E-state index < -0.39 is 0 Å². The highest BCUT2D eigenvalue weighted by Crippen LogP contribution is 2.30. The van der Waals surface area contributed by atoms with Crippen LogP contribution in [0.25, 0.3) is 33.7 Å². The number of aromatic nitrogens is 4. The molecule has 0 saturated carbocycles. The van der Waals surface area contributed by atoms with E-state index in [0.717, 1.165) is 11.3 Å². The van der Waals surface area contributed by atoms with Crippen LogP contribution in [-0.2, 0) is 18.4 Å². The summed E-state index contributed by atoms with van der Waals surface area (Å²) in [4.78, 5) is 33.8. The average Bonchev–Trinajstić information content (AvgIpc) is 3.57. The molecule has 1 aromatic carbocycles. The Kier molecular flexibility index (Phi) is 5.87. The van der Waals surface area contributed by atoms with Gasteiger partial charge in [0.05, 0.1) is 28.9 Å². The minimum absolute atomic E-state index is 0.133. The molecule has 0 spiro atoms. The Morgan fingerprint density at radius 2 is 1.89 bits per heavy atom. The minimum Gasteiger partial charge on any atom is -0.458 e. The highest BCUT2D eigenvalue weighted by Gasteiger charge is 2.20. The van der Waals surface area contributed by atoms with Gasteiger partial charge in [0.25, 0.3) is 5.91 Å². The van der Waals surface area contributed by atoms with E-state index in [1.54, 1.807) is 22.9 Å². The molecule has 176 valence electrons. The lowest BCUT2D eigenvalue weighted by molar-refractivity contribution is -0.119. The van der Waals surface area contributed by atoms with Gasteiger partial charge in [0.1, 0.15) is 11.5 Å². The van der Waals surface area contributed by atoms with Crippen LogP contribution in [0.3, 0.4) is 0 Å². The van der Waals surface area contributed by atoms with Crippen molar-refractivity contribution in [1.29, 1.82) is 0 Å². The Hall–Kier alpha value is -4.31. The number of nitrogens with zero attached hydrogens (tertiary/aromatic N) is 4. The SMILES string of the molecule is CC(=O)NCc1ccc(-c2csc(NC(=O)c3cc(-c4ccccc4)nc4c3c(C)nn4C)n2)o1. The van der Waals surface area contributed by atoms with Gasteiger partial charge in [-0.05, 0) is 25.1 Å². The second-order valence-electron chi connectivity index (χ2n) is 8.00. The van der Waals surface area contributed by atoms with Crippen molar-refractivity contribution in [3.63, 3.8) is 0 Å². The van der Waals surface area contributed by atoms with Crippen molar-refractivity contribution < 1.29 is 14.0 Å². The highest BCUT2D eigenvalue weighted by atomic mass is 32.1. The average molecular weight is 487 g/mol. The maximum atomic E-state index is 13.4. The van der Waals surface area contributed by atoms with Crippen molar-refractivity contribution in [2.75, 3.05) is 5.32 Å². The lowest BCUT2D eigenvalue weighted by Crippen LogP contribution is -2.18. The number of carbonyl (C=O) groups is 2. The number of hydrogen-bond donors (Lipinski definition) is 2. The summed E-state index contributed by atoms with van der Waals surface area (Å²) in [6, 6.07) is 15.1. The summed E-state index contributed by atoms with van der Waals surface area (Å²) in [5.41, 5.74) is 4.03. The molecule has 5 rings (SSSR count). The van der Waals surface area contributed by atoms with Crippen LogP contribution in [0.5, 0.6) is 0 Å². The van der Waals surface area contributed by atoms with Crippen LogP contribution in [0, 0.1) is 6.92 Å². The monoisotopic (exact) mass is 486 g/mol. The molecule has 0 unspecified atom stereocenters. The van der Waals surface area contributed by atoms with Crippen LogP contribution in [-0.4, -0.2) is 31.6 Å². The van der Waals surface area contributed by atoms with Crippen molar-refractivity contribution in [3.8, 4) is 22.7 Å². The Morgan fingerprint density at radius 3 is 2.66 bits per heavy atom. The maximum absolute atomic E-state index is 13.4. The van der Waals surface area contributed by atoms with Gasteiger partial charge in [-0.25, -0.2) is 9.97 Å². The van der Waals surface area contributed by atoms with Gasteiger partial charge in [-0.15, -0.1) is 11.3 Å². The summed E-state index contributed by atoms with van der Waals surface area (Å²) in [5.74, 6) is 0.750. The predicted octanol–water partition coefficient (Wildman–Crippen LogP) is 4.55. The van der Waals surface area contributed by atoms with E-state index in [1.807, 2.05) is 49.7 Å². The molecule has 2 amide bonds. The quantitative estimate of drug-likeness (QED) is 0.364. The number of benzene rings is 1. The van der Waals surface area contributed by atoms with Gasteiger partial charge in [0.2, 0.25) is 5.91 Å². The zero-order valence-corrected chi connectivity index (χ0v) is 20.1. The van der Waals surface area contributed by atoms with Gasteiger partial charge in [0, 0.05) is 24.9 Å². The molecule has 0 aliphatic carbocycles. The molecule has 0 fully saturated rings. The molecule has 0 saturated heterocycles. The fraction of sp³-hybridized carbons (Fsp3) is 0.160. The summed E-state index contributed by atoms with van der Waals surface area (Å²) >= 11 is 1.30. The third kappa shape index (κ3) is 4.56. The van der Waals surface area contributed by atoms with E-state index in [9.17, 15) is 9.59 Å². The zero-order valence-electron chi connectivity index (χ0n) is 19.3. The number of fused-ring (bicyclic) bond motifs is 1. The lowest BCUT2D eigenvalue weighted by atomic mass is 10.1. The zero-order chi connectivity index (χ0) is 24.5. The van der Waals surface area contributed by atoms with Gasteiger partial charge in [0.15, 0.2) is 16.5 Å². The van der Waals surface area contributed by atoms with Crippen molar-refractivity contribution >= 4 is 39.3 Å². The number of aryl methyl sites for hydroxylation is 2. The van der Waals surface area contributed by atoms with Crippen LogP contribution >= 0.6 is 11.3 Å². The van der Waals surface area contributed by atoms with Crippen LogP contribution in [0.4, 0.5) is 5.13 Å². The first-order valence-corrected chi connectivity index (χ1v) is 11.8. The number of thiazole rings is 1. The van der Waals surface area contributed by atoms with E-state index in [1.165, 1.54) is 18.3 Å². The van der Waals surface area contributed by atoms with Crippen molar-refractivity contribution in [1.82, 2.24) is 25.1 Å². The molecule has 9 nitrogen and oxygen atoms in total. The number of nitrogens with one attached hydrogen (secondary N) is 2. The number of hydrogen-bond acceptors (Lipinski definition) is 7. The van der Waals surface area contributed by atoms with E-state index in [0.29, 0.717) is 51.2 Å². The molecule has 2 N–H and O–H groups in total. The van der Waals surface area contributed by atoms with Gasteiger partial charge < -0.3 is 9.73 Å². The second kappa shape index (κ2) is 9.15. The second-order valence-corrected chi connectivity index (χ2v) is 8.85. The molecule has 0 aliphatic heterocycles. The van der Waals surface area contributed by atoms with Crippen LogP contribution in [0.2, 0.25) is 0 Å². The molecule has 0 aliphatic rings. The summed E-state index contributed by atoms with van der Waals surface area (Å²) in [6.45, 7) is 3.61. The van der Waals surface area contributed by atoms with E-state index in [4.69, 9.17) is 9.40 Å². The first-order chi connectivity index (χ1) is 16.9. The molecule has 10 heteroatoms. The molecule has 5 aromatic rings. The summed E-state index contributed by atoms with van der Waals surface area (Å²) in [5, 5.41) is 13.0. The molecule has 4 heterocycles. The first kappa shape index (κ1) is 22.5. The molecule has 35 heavy (non-hydrogen) atoms. The summed E-state index contributed by atoms with van der Waals surface area (Å²) < 4.78 is 7.45. The number of carbonyl (C=O) groups excluding carboxylic acids is 2. The highest BCUT2D eigenvalue weighted by molar-refractivity contribution is 7.14. The first-order valence-electron chi connectivity index (χ1n) is 10.9. The van der Waals surface area contributed by atoms with Crippen molar-refractivity contribution in [3.05, 3.63) is 70.9 Å². The fourth-order valence-electron chi connectivity index (χ4n) is 3.81. The third-order valence-electron chi connectivity index (χ3n) is 5.43. The van der Waals surface area contributed by atoms with Crippen LogP contribution in [0.1, 0.15) is 28.7 Å². The van der Waals surface area contributed by atoms with Gasteiger partial charge >= 0.3 is 0 Å². The maximum Gasteiger partial charge on any atom is 0.258 e. The van der Waals surface area contributed by atoms with Gasteiger partial charge in [-0.3, -0.25) is 19.6 Å². The van der Waals surface area contributed by atoms with Gasteiger partial charge in [-0.1, -0.05) is 30.3 Å². The number of furan rings is 1. The number of amides is 2. The molecular formula is C25H22N6O3S. The fourth-order valence-corrected chi connectivity index (χ4v) is 4.51. The van der Waals surface area contributed by atoms with E-state index >= 15 is 0 Å². The predicted molar refractivity (Wildman–Crippen MR) is 134 cm³/mol. The lowest BCUT2D eigenvalue weighted by Gasteiger charge is -2.08. The molecule has 0 atom stereocenters. The Labute approximate surface area is 204 Å². The van der Waals surface area contributed by atoms with Gasteiger partial charge in [-0.2, -0.15) is 5.10 Å². The number of rotatable bonds is 6. The van der Waals surface area contributed by atoms with Crippen molar-refractivity contribution in [2.24, 2.45) is 7.05 Å². The molecule has 0 bridgehead atoms. The topological polar surface area (TPSA) is 115 Å². The number of anilines is 1. The summed E-state index contributed by atoms with van der Waals surface area (Å²) in [6.07, 6.45) is 0. The van der Waals surface area contributed by atoms with E-state index in [2.05, 4.69) is 20.7 Å². The normalized spacial score (nSPS) is 11.1. The molecular weight excluding hydrogens is 464 g/mol. The largest absolute Gasteiger partial charge is 0.458 e. The smallest absolute Gasteiger partial charge is 0.258 e. The third-order valence-corrected chi connectivity index (χ3v) is 6.19. The summed E-state index contributed by atoms with van der Waals surface area (Å²) in [7, 11) is 1.81. The molecule has 0 radical (unpaired) electrons.